The Kier molecular flexibility index (Phi) is 3.05. The maximum Gasteiger partial charge on any atom is 0.152 e. The summed E-state index contributed by atoms with van der Waals surface area (Å²) in [4.78, 5) is 17.7. The molecule has 1 saturated heterocycles. The second kappa shape index (κ2) is 4.31. The zero-order valence-corrected chi connectivity index (χ0v) is 10.2. The Balaban J connectivity index is 2.28. The van der Waals surface area contributed by atoms with Crippen LogP contribution in [0.3, 0.4) is 0 Å². The SMILES string of the molecule is Cc1ccnc(N2CCCC(=O)C2)c1Br. The second-order valence-corrected chi connectivity index (χ2v) is 4.62. The monoisotopic (exact) mass is 268 g/mol. The molecule has 15 heavy (non-hydrogen) atoms. The van der Waals surface area contributed by atoms with Crippen LogP contribution in [0.5, 0.6) is 0 Å². The van der Waals surface area contributed by atoms with Crippen LogP contribution in [-0.2, 0) is 4.79 Å². The zero-order chi connectivity index (χ0) is 10.8. The quantitative estimate of drug-likeness (QED) is 0.784. The molecule has 1 aliphatic rings. The van der Waals surface area contributed by atoms with Gasteiger partial charge in [-0.1, -0.05) is 0 Å². The van der Waals surface area contributed by atoms with Gasteiger partial charge in [-0.25, -0.2) is 4.98 Å². The molecule has 0 N–H and O–H groups in total. The van der Waals surface area contributed by atoms with E-state index in [1.165, 1.54) is 0 Å². The van der Waals surface area contributed by atoms with E-state index in [2.05, 4.69) is 20.9 Å². The van der Waals surface area contributed by atoms with Crippen LogP contribution < -0.4 is 4.90 Å². The summed E-state index contributed by atoms with van der Waals surface area (Å²) in [6.45, 7) is 3.44. The first-order valence-electron chi connectivity index (χ1n) is 5.06. The van der Waals surface area contributed by atoms with E-state index in [1.54, 1.807) is 6.20 Å². The molecule has 0 saturated carbocycles. The standard InChI is InChI=1S/C11H13BrN2O/c1-8-4-5-13-11(10(8)12)14-6-2-3-9(15)7-14/h4-5H,2-3,6-7H2,1H3. The maximum atomic E-state index is 11.4. The number of pyridine rings is 1. The number of aryl methyl sites for hydroxylation is 1. The van der Waals surface area contributed by atoms with Crippen LogP contribution in [0.25, 0.3) is 0 Å². The normalized spacial score (nSPS) is 16.9. The van der Waals surface area contributed by atoms with Crippen molar-refractivity contribution in [2.45, 2.75) is 19.8 Å². The first-order valence-corrected chi connectivity index (χ1v) is 5.85. The van der Waals surface area contributed by atoms with Gasteiger partial charge in [-0.2, -0.15) is 0 Å². The van der Waals surface area contributed by atoms with E-state index in [9.17, 15) is 4.79 Å². The predicted octanol–water partition coefficient (Wildman–Crippen LogP) is 2.32. The molecule has 2 rings (SSSR count). The molecule has 0 aliphatic carbocycles. The smallest absolute Gasteiger partial charge is 0.152 e. The average Bonchev–Trinajstić information content (AvgIpc) is 2.22. The van der Waals surface area contributed by atoms with E-state index in [1.807, 2.05) is 17.9 Å². The third-order valence-electron chi connectivity index (χ3n) is 2.61. The summed E-state index contributed by atoms with van der Waals surface area (Å²) in [5.41, 5.74) is 1.15. The van der Waals surface area contributed by atoms with E-state index < -0.39 is 0 Å². The van der Waals surface area contributed by atoms with Crippen LogP contribution in [0.4, 0.5) is 5.82 Å². The Morgan fingerprint density at radius 2 is 2.33 bits per heavy atom. The summed E-state index contributed by atoms with van der Waals surface area (Å²) in [6, 6.07) is 1.96. The van der Waals surface area contributed by atoms with E-state index in [4.69, 9.17) is 0 Å². The first-order chi connectivity index (χ1) is 7.18. The number of hydrogen-bond acceptors (Lipinski definition) is 3. The number of piperidine rings is 1. The largest absolute Gasteiger partial charge is 0.348 e. The van der Waals surface area contributed by atoms with Crippen molar-refractivity contribution in [2.75, 3.05) is 18.0 Å². The van der Waals surface area contributed by atoms with Gasteiger partial charge in [0.1, 0.15) is 5.82 Å². The number of halogens is 1. The minimum absolute atomic E-state index is 0.302. The maximum absolute atomic E-state index is 11.4. The van der Waals surface area contributed by atoms with Gasteiger partial charge >= 0.3 is 0 Å². The number of nitrogens with zero attached hydrogens (tertiary/aromatic N) is 2. The van der Waals surface area contributed by atoms with Crippen LogP contribution in [0, 0.1) is 6.92 Å². The number of Topliss-reactive ketones (excluding diaryl/α,β-unsaturated/α-hetero) is 1. The molecule has 4 heteroatoms. The number of anilines is 1. The molecule has 0 bridgehead atoms. The molecule has 2 heterocycles. The molecule has 0 unspecified atom stereocenters. The average molecular weight is 269 g/mol. The van der Waals surface area contributed by atoms with Crippen molar-refractivity contribution in [1.29, 1.82) is 0 Å². The molecule has 3 nitrogen and oxygen atoms in total. The molecule has 0 aromatic carbocycles. The van der Waals surface area contributed by atoms with Crippen LogP contribution in [0.1, 0.15) is 18.4 Å². The highest BCUT2D eigenvalue weighted by molar-refractivity contribution is 9.10. The highest BCUT2D eigenvalue weighted by Gasteiger charge is 2.20. The predicted molar refractivity (Wildman–Crippen MR) is 63.1 cm³/mol. The van der Waals surface area contributed by atoms with Crippen molar-refractivity contribution in [3.63, 3.8) is 0 Å². The Labute approximate surface area is 97.6 Å². The van der Waals surface area contributed by atoms with Gasteiger partial charge in [0.2, 0.25) is 0 Å². The third-order valence-corrected chi connectivity index (χ3v) is 3.59. The Morgan fingerprint density at radius 1 is 1.53 bits per heavy atom. The molecule has 0 spiro atoms. The number of carbonyl (C=O) groups is 1. The molecule has 1 aliphatic heterocycles. The zero-order valence-electron chi connectivity index (χ0n) is 8.66. The van der Waals surface area contributed by atoms with Crippen molar-refractivity contribution in [3.05, 3.63) is 22.3 Å². The van der Waals surface area contributed by atoms with Gasteiger partial charge < -0.3 is 4.90 Å². The third kappa shape index (κ3) is 2.20. The fourth-order valence-electron chi connectivity index (χ4n) is 1.77. The highest BCUT2D eigenvalue weighted by Crippen LogP contribution is 2.28. The number of ketones is 1. The van der Waals surface area contributed by atoms with Crippen LogP contribution in [0.15, 0.2) is 16.7 Å². The van der Waals surface area contributed by atoms with Gasteiger partial charge in [0.25, 0.3) is 0 Å². The topological polar surface area (TPSA) is 33.2 Å². The molecule has 1 fully saturated rings. The fourth-order valence-corrected chi connectivity index (χ4v) is 2.25. The summed E-state index contributed by atoms with van der Waals surface area (Å²) in [5.74, 6) is 1.19. The van der Waals surface area contributed by atoms with Gasteiger partial charge in [-0.05, 0) is 40.9 Å². The van der Waals surface area contributed by atoms with Gasteiger partial charge in [0.15, 0.2) is 5.78 Å². The minimum atomic E-state index is 0.302. The number of hydrogen-bond donors (Lipinski definition) is 0. The van der Waals surface area contributed by atoms with Gasteiger partial charge in [0.05, 0.1) is 11.0 Å². The highest BCUT2D eigenvalue weighted by atomic mass is 79.9. The summed E-state index contributed by atoms with van der Waals surface area (Å²) in [5, 5.41) is 0. The molecule has 0 atom stereocenters. The van der Waals surface area contributed by atoms with Crippen LogP contribution in [0.2, 0.25) is 0 Å². The fraction of sp³-hybridized carbons (Fsp3) is 0.455. The van der Waals surface area contributed by atoms with Crippen molar-refractivity contribution in [1.82, 2.24) is 4.98 Å². The van der Waals surface area contributed by atoms with Crippen LogP contribution >= 0.6 is 15.9 Å². The summed E-state index contributed by atoms with van der Waals surface area (Å²) < 4.78 is 1.000. The van der Waals surface area contributed by atoms with Crippen molar-refractivity contribution in [3.8, 4) is 0 Å². The van der Waals surface area contributed by atoms with E-state index in [0.29, 0.717) is 18.7 Å². The Hall–Kier alpha value is -0.900. The van der Waals surface area contributed by atoms with Crippen molar-refractivity contribution >= 4 is 27.5 Å². The van der Waals surface area contributed by atoms with Crippen molar-refractivity contribution < 1.29 is 4.79 Å². The van der Waals surface area contributed by atoms with E-state index >= 15 is 0 Å². The summed E-state index contributed by atoms with van der Waals surface area (Å²) in [7, 11) is 0. The lowest BCUT2D eigenvalue weighted by Gasteiger charge is -2.27. The van der Waals surface area contributed by atoms with Gasteiger partial charge in [0, 0.05) is 19.2 Å². The Bertz CT molecular complexity index is 392. The molecule has 80 valence electrons. The lowest BCUT2D eigenvalue weighted by Crippen LogP contribution is -2.36. The number of carbonyl (C=O) groups excluding carboxylic acids is 1. The minimum Gasteiger partial charge on any atom is -0.348 e. The van der Waals surface area contributed by atoms with Crippen molar-refractivity contribution in [2.24, 2.45) is 0 Å². The number of aromatic nitrogens is 1. The second-order valence-electron chi connectivity index (χ2n) is 3.83. The van der Waals surface area contributed by atoms with E-state index in [-0.39, 0.29) is 0 Å². The molecular weight excluding hydrogens is 256 g/mol. The van der Waals surface area contributed by atoms with E-state index in [0.717, 1.165) is 28.8 Å². The molecular formula is C11H13BrN2O. The van der Waals surface area contributed by atoms with Gasteiger partial charge in [-0.15, -0.1) is 0 Å². The molecule has 0 radical (unpaired) electrons. The molecule has 0 amide bonds. The van der Waals surface area contributed by atoms with Gasteiger partial charge in [-0.3, -0.25) is 4.79 Å². The summed E-state index contributed by atoms with van der Waals surface area (Å²) >= 11 is 3.52. The first kappa shape index (κ1) is 10.6. The molecule has 1 aromatic rings. The van der Waals surface area contributed by atoms with Crippen LogP contribution in [-0.4, -0.2) is 23.9 Å². The Morgan fingerprint density at radius 3 is 3.07 bits per heavy atom. The lowest BCUT2D eigenvalue weighted by atomic mass is 10.1. The lowest BCUT2D eigenvalue weighted by molar-refractivity contribution is -0.118. The molecule has 1 aromatic heterocycles. The summed E-state index contributed by atoms with van der Waals surface area (Å²) in [6.07, 6.45) is 3.43. The number of rotatable bonds is 1.